The SMILES string of the molecule is Nc1cc(NCCOS(O)(O)O)ccc1N=Nc1ccc(S(=O)(=O)CCOS(=O)(=O)O)cc1. The lowest BCUT2D eigenvalue weighted by molar-refractivity contribution is 0.209. The minimum absolute atomic E-state index is 0.0956. The number of benzene rings is 2. The highest BCUT2D eigenvalue weighted by molar-refractivity contribution is 8.15. The first-order valence-electron chi connectivity index (χ1n) is 8.90. The molecule has 17 heteroatoms. The number of hydrogen-bond acceptors (Lipinski definition) is 13. The smallest absolute Gasteiger partial charge is 0.397 e. The number of anilines is 2. The van der Waals surface area contributed by atoms with Crippen LogP contribution < -0.4 is 11.1 Å². The maximum absolute atomic E-state index is 12.2. The minimum Gasteiger partial charge on any atom is -0.397 e. The van der Waals surface area contributed by atoms with Crippen molar-refractivity contribution in [2.24, 2.45) is 10.2 Å². The van der Waals surface area contributed by atoms with Gasteiger partial charge in [-0.2, -0.15) is 13.5 Å². The fourth-order valence-electron chi connectivity index (χ4n) is 2.30. The van der Waals surface area contributed by atoms with Gasteiger partial charge in [0.1, 0.15) is 5.69 Å². The standard InChI is InChI=1S/C16H22N4O10S3/c17-15-11-13(18-7-8-29-32(23,24)25)3-6-16(15)20-19-12-1-4-14(5-2-12)31(21,22)10-9-30-33(26,27)28/h1-6,11,18,23-25H,7-10,17H2,(H,26,27,28). The van der Waals surface area contributed by atoms with Gasteiger partial charge in [-0.25, -0.2) is 12.6 Å². The summed E-state index contributed by atoms with van der Waals surface area (Å²) >= 11 is -4.01. The predicted molar refractivity (Wildman–Crippen MR) is 121 cm³/mol. The monoisotopic (exact) mass is 526 g/mol. The van der Waals surface area contributed by atoms with E-state index in [4.69, 9.17) is 23.9 Å². The van der Waals surface area contributed by atoms with Gasteiger partial charge in [0.15, 0.2) is 9.84 Å². The highest BCUT2D eigenvalue weighted by atomic mass is 32.3. The van der Waals surface area contributed by atoms with E-state index in [-0.39, 0.29) is 23.7 Å². The van der Waals surface area contributed by atoms with Crippen molar-refractivity contribution in [1.82, 2.24) is 0 Å². The van der Waals surface area contributed by atoms with Crippen LogP contribution in [0.2, 0.25) is 0 Å². The average molecular weight is 527 g/mol. The van der Waals surface area contributed by atoms with Crippen molar-refractivity contribution in [1.29, 1.82) is 0 Å². The molecule has 0 amide bonds. The summed E-state index contributed by atoms with van der Waals surface area (Å²) < 4.78 is 88.3. The topological polar surface area (TPSA) is 230 Å². The van der Waals surface area contributed by atoms with E-state index in [1.807, 2.05) is 0 Å². The Labute approximate surface area is 191 Å². The second kappa shape index (κ2) is 11.2. The maximum atomic E-state index is 12.2. The van der Waals surface area contributed by atoms with Gasteiger partial charge >= 0.3 is 10.4 Å². The lowest BCUT2D eigenvalue weighted by Crippen LogP contribution is -2.15. The lowest BCUT2D eigenvalue weighted by atomic mass is 10.2. The summed E-state index contributed by atoms with van der Waals surface area (Å²) in [4.78, 5) is -0.0956. The van der Waals surface area contributed by atoms with Crippen molar-refractivity contribution in [3.63, 3.8) is 0 Å². The Kier molecular flexibility index (Phi) is 9.12. The predicted octanol–water partition coefficient (Wildman–Crippen LogP) is 2.84. The van der Waals surface area contributed by atoms with Crippen LogP contribution in [0.4, 0.5) is 22.7 Å². The zero-order chi connectivity index (χ0) is 24.7. The molecule has 14 nitrogen and oxygen atoms in total. The summed E-state index contributed by atoms with van der Waals surface area (Å²) in [6, 6.07) is 10.0. The normalized spacial score (nSPS) is 13.3. The molecule has 0 unspecified atom stereocenters. The Bertz CT molecular complexity index is 1180. The molecular weight excluding hydrogens is 504 g/mol. The van der Waals surface area contributed by atoms with Gasteiger partial charge in [0.05, 0.1) is 35.2 Å². The van der Waals surface area contributed by atoms with E-state index >= 15 is 0 Å². The van der Waals surface area contributed by atoms with Gasteiger partial charge in [0, 0.05) is 12.2 Å². The Morgan fingerprint density at radius 2 is 1.55 bits per heavy atom. The molecule has 7 N–H and O–H groups in total. The van der Waals surface area contributed by atoms with Gasteiger partial charge in [-0.1, -0.05) is 0 Å². The molecule has 2 aromatic carbocycles. The molecule has 2 aromatic rings. The van der Waals surface area contributed by atoms with Gasteiger partial charge in [-0.15, -0.1) is 5.11 Å². The number of nitrogens with two attached hydrogens (primary N) is 1. The summed E-state index contributed by atoms with van der Waals surface area (Å²) in [6.45, 7) is -0.737. The third-order valence-corrected chi connectivity index (χ3v) is 6.40. The highest BCUT2D eigenvalue weighted by Crippen LogP contribution is 2.33. The van der Waals surface area contributed by atoms with Gasteiger partial charge in [0.2, 0.25) is 11.2 Å². The molecule has 0 saturated heterocycles. The molecule has 0 radical (unpaired) electrons. The third-order valence-electron chi connectivity index (χ3n) is 3.75. The van der Waals surface area contributed by atoms with Crippen LogP contribution in [-0.4, -0.2) is 60.6 Å². The second-order valence-corrected chi connectivity index (χ2v) is 10.6. The quantitative estimate of drug-likeness (QED) is 0.101. The number of nitrogen functional groups attached to an aromatic ring is 1. The van der Waals surface area contributed by atoms with Crippen molar-refractivity contribution in [2.45, 2.75) is 4.90 Å². The molecular formula is C16H22N4O10S3. The number of azo groups is 1. The molecule has 33 heavy (non-hydrogen) atoms. The van der Waals surface area contributed by atoms with E-state index in [9.17, 15) is 16.8 Å². The zero-order valence-electron chi connectivity index (χ0n) is 16.8. The van der Waals surface area contributed by atoms with Crippen LogP contribution in [0.25, 0.3) is 0 Å². The van der Waals surface area contributed by atoms with Crippen LogP contribution >= 0.6 is 11.2 Å². The van der Waals surface area contributed by atoms with Crippen LogP contribution in [0.15, 0.2) is 57.6 Å². The summed E-state index contributed by atoms with van der Waals surface area (Å²) in [5.74, 6) is -0.654. The zero-order valence-corrected chi connectivity index (χ0v) is 19.3. The first-order valence-corrected chi connectivity index (χ1v) is 13.3. The number of rotatable bonds is 12. The molecule has 0 aliphatic carbocycles. The van der Waals surface area contributed by atoms with Crippen molar-refractivity contribution >= 4 is 54.1 Å². The fourth-order valence-corrected chi connectivity index (χ4v) is 4.10. The van der Waals surface area contributed by atoms with Gasteiger partial charge in [-0.3, -0.25) is 22.4 Å². The van der Waals surface area contributed by atoms with E-state index in [2.05, 4.69) is 23.9 Å². The molecule has 0 aliphatic rings. The maximum Gasteiger partial charge on any atom is 0.397 e. The minimum atomic E-state index is -4.73. The highest BCUT2D eigenvalue weighted by Gasteiger charge is 2.16. The molecule has 2 rings (SSSR count). The van der Waals surface area contributed by atoms with E-state index in [1.54, 1.807) is 18.2 Å². The average Bonchev–Trinajstić information content (AvgIpc) is 2.69. The van der Waals surface area contributed by atoms with Crippen LogP contribution in [-0.2, 0) is 28.6 Å². The summed E-state index contributed by atoms with van der Waals surface area (Å²) in [5.41, 5.74) is 7.44. The Morgan fingerprint density at radius 3 is 2.12 bits per heavy atom. The third kappa shape index (κ3) is 9.98. The summed E-state index contributed by atoms with van der Waals surface area (Å²) in [5, 5.41) is 10.9. The van der Waals surface area contributed by atoms with Crippen LogP contribution in [0.3, 0.4) is 0 Å². The van der Waals surface area contributed by atoms with Crippen LogP contribution in [0.5, 0.6) is 0 Å². The Hall–Kier alpha value is -2.35. The van der Waals surface area contributed by atoms with Crippen molar-refractivity contribution in [3.8, 4) is 0 Å². The first kappa shape index (κ1) is 26.9. The van der Waals surface area contributed by atoms with Crippen molar-refractivity contribution in [2.75, 3.05) is 36.6 Å². The summed E-state index contributed by atoms with van der Waals surface area (Å²) in [7, 11) is -8.57. The van der Waals surface area contributed by atoms with Crippen molar-refractivity contribution < 1.29 is 43.4 Å². The number of nitrogens with one attached hydrogen (secondary N) is 1. The summed E-state index contributed by atoms with van der Waals surface area (Å²) in [6.07, 6.45) is 0. The lowest BCUT2D eigenvalue weighted by Gasteiger charge is -2.18. The molecule has 0 spiro atoms. The largest absolute Gasteiger partial charge is 0.397 e. The van der Waals surface area contributed by atoms with Crippen LogP contribution in [0.1, 0.15) is 0 Å². The van der Waals surface area contributed by atoms with Crippen LogP contribution in [0, 0.1) is 0 Å². The molecule has 0 fully saturated rings. The molecule has 0 heterocycles. The molecule has 0 aliphatic heterocycles. The van der Waals surface area contributed by atoms with E-state index in [1.165, 1.54) is 24.3 Å². The van der Waals surface area contributed by atoms with E-state index < -0.39 is 43.7 Å². The second-order valence-electron chi connectivity index (χ2n) is 6.25. The Balaban J connectivity index is 1.96. The Morgan fingerprint density at radius 1 is 0.879 bits per heavy atom. The van der Waals surface area contributed by atoms with Gasteiger partial charge in [0.25, 0.3) is 0 Å². The van der Waals surface area contributed by atoms with Gasteiger partial charge < -0.3 is 11.1 Å². The molecule has 0 saturated carbocycles. The molecule has 184 valence electrons. The fraction of sp³-hybridized carbons (Fsp3) is 0.250. The van der Waals surface area contributed by atoms with E-state index in [0.717, 1.165) is 0 Å². The van der Waals surface area contributed by atoms with E-state index in [0.29, 0.717) is 17.1 Å². The molecule has 0 bridgehead atoms. The number of sulfone groups is 1. The molecule has 0 atom stereocenters. The molecule has 0 aromatic heterocycles. The van der Waals surface area contributed by atoms with Gasteiger partial charge in [-0.05, 0) is 42.5 Å². The number of hydrogen-bond donors (Lipinski definition) is 6. The number of nitrogens with zero attached hydrogens (tertiary/aromatic N) is 2. The van der Waals surface area contributed by atoms with Crippen molar-refractivity contribution in [3.05, 3.63) is 42.5 Å². The first-order chi connectivity index (χ1) is 15.3.